The number of carbonyl (C=O) groups excluding carboxylic acids is 1. The molecular formula is C14H14O3. The van der Waals surface area contributed by atoms with Gasteiger partial charge in [-0.15, -0.1) is 0 Å². The second-order valence-corrected chi connectivity index (χ2v) is 4.09. The molecule has 3 heteroatoms. The van der Waals surface area contributed by atoms with Crippen molar-refractivity contribution in [3.63, 3.8) is 0 Å². The first-order valence-corrected chi connectivity index (χ1v) is 5.36. The van der Waals surface area contributed by atoms with Gasteiger partial charge in [-0.3, -0.25) is 0 Å². The van der Waals surface area contributed by atoms with Gasteiger partial charge in [0.25, 0.3) is 0 Å². The molecular weight excluding hydrogens is 216 g/mol. The molecule has 0 aliphatic heterocycles. The summed E-state index contributed by atoms with van der Waals surface area (Å²) in [6.45, 7) is 1.45. The third-order valence-electron chi connectivity index (χ3n) is 2.90. The molecule has 0 saturated carbocycles. The van der Waals surface area contributed by atoms with Crippen molar-refractivity contribution in [3.8, 4) is 0 Å². The number of ether oxygens (including phenoxy) is 1. The van der Waals surface area contributed by atoms with E-state index in [9.17, 15) is 9.90 Å². The molecule has 2 aromatic carbocycles. The maximum atomic E-state index is 11.6. The molecule has 1 unspecified atom stereocenters. The summed E-state index contributed by atoms with van der Waals surface area (Å²) < 4.78 is 4.63. The van der Waals surface area contributed by atoms with Gasteiger partial charge in [-0.2, -0.15) is 0 Å². The summed E-state index contributed by atoms with van der Waals surface area (Å²) in [5.74, 6) is -0.658. The highest BCUT2D eigenvalue weighted by atomic mass is 16.5. The summed E-state index contributed by atoms with van der Waals surface area (Å²) in [4.78, 5) is 11.6. The van der Waals surface area contributed by atoms with Crippen LogP contribution in [-0.4, -0.2) is 18.2 Å². The number of benzene rings is 2. The third-order valence-corrected chi connectivity index (χ3v) is 2.90. The largest absolute Gasteiger partial charge is 0.467 e. The fourth-order valence-electron chi connectivity index (χ4n) is 1.96. The van der Waals surface area contributed by atoms with Crippen LogP contribution in [0.5, 0.6) is 0 Å². The molecule has 0 aliphatic carbocycles. The SMILES string of the molecule is COC(=O)C(C)(O)c1cccc2ccccc12. The van der Waals surface area contributed by atoms with E-state index in [1.807, 2.05) is 36.4 Å². The van der Waals surface area contributed by atoms with Gasteiger partial charge in [-0.05, 0) is 17.7 Å². The number of hydrogen-bond acceptors (Lipinski definition) is 3. The summed E-state index contributed by atoms with van der Waals surface area (Å²) in [7, 11) is 1.27. The third kappa shape index (κ3) is 1.89. The van der Waals surface area contributed by atoms with E-state index in [2.05, 4.69) is 4.74 Å². The lowest BCUT2D eigenvalue weighted by atomic mass is 9.91. The van der Waals surface area contributed by atoms with Crippen LogP contribution in [0, 0.1) is 0 Å². The molecule has 0 aromatic heterocycles. The van der Waals surface area contributed by atoms with Gasteiger partial charge in [0, 0.05) is 5.56 Å². The number of hydrogen-bond donors (Lipinski definition) is 1. The lowest BCUT2D eigenvalue weighted by Crippen LogP contribution is -2.33. The molecule has 0 aliphatic rings. The Morgan fingerprint density at radius 2 is 1.82 bits per heavy atom. The van der Waals surface area contributed by atoms with Crippen LogP contribution in [-0.2, 0) is 15.1 Å². The smallest absolute Gasteiger partial charge is 0.342 e. The van der Waals surface area contributed by atoms with Gasteiger partial charge in [0.15, 0.2) is 5.60 Å². The van der Waals surface area contributed by atoms with E-state index in [4.69, 9.17) is 0 Å². The van der Waals surface area contributed by atoms with E-state index in [0.717, 1.165) is 10.8 Å². The van der Waals surface area contributed by atoms with Gasteiger partial charge in [0.1, 0.15) is 0 Å². The van der Waals surface area contributed by atoms with Crippen LogP contribution >= 0.6 is 0 Å². The highest BCUT2D eigenvalue weighted by molar-refractivity contribution is 5.92. The van der Waals surface area contributed by atoms with Crippen molar-refractivity contribution in [1.29, 1.82) is 0 Å². The highest BCUT2D eigenvalue weighted by Gasteiger charge is 2.34. The van der Waals surface area contributed by atoms with Crippen LogP contribution in [0.1, 0.15) is 12.5 Å². The Hall–Kier alpha value is -1.87. The zero-order valence-electron chi connectivity index (χ0n) is 9.81. The van der Waals surface area contributed by atoms with Crippen LogP contribution in [0.4, 0.5) is 0 Å². The normalized spacial score (nSPS) is 14.3. The Labute approximate surface area is 99.6 Å². The van der Waals surface area contributed by atoms with Crippen LogP contribution in [0.25, 0.3) is 10.8 Å². The number of aliphatic hydroxyl groups is 1. The van der Waals surface area contributed by atoms with Gasteiger partial charge in [0.05, 0.1) is 7.11 Å². The molecule has 0 bridgehead atoms. The lowest BCUT2D eigenvalue weighted by Gasteiger charge is -2.22. The Kier molecular flexibility index (Phi) is 2.86. The first-order valence-electron chi connectivity index (χ1n) is 5.36. The standard InChI is InChI=1S/C14H14O3/c1-14(16,13(15)17-2)12-9-5-7-10-6-3-4-8-11(10)12/h3-9,16H,1-2H3. The van der Waals surface area contributed by atoms with E-state index in [0.29, 0.717) is 5.56 Å². The topological polar surface area (TPSA) is 46.5 Å². The fraction of sp³-hybridized carbons (Fsp3) is 0.214. The Morgan fingerprint density at radius 3 is 2.53 bits per heavy atom. The number of fused-ring (bicyclic) bond motifs is 1. The zero-order chi connectivity index (χ0) is 12.5. The zero-order valence-corrected chi connectivity index (χ0v) is 9.81. The molecule has 1 N–H and O–H groups in total. The molecule has 0 spiro atoms. The quantitative estimate of drug-likeness (QED) is 0.805. The Morgan fingerprint density at radius 1 is 1.18 bits per heavy atom. The molecule has 0 amide bonds. The summed E-state index contributed by atoms with van der Waals surface area (Å²) in [6, 6.07) is 13.1. The lowest BCUT2D eigenvalue weighted by molar-refractivity contribution is -0.161. The van der Waals surface area contributed by atoms with Crippen molar-refractivity contribution >= 4 is 16.7 Å². The first-order chi connectivity index (χ1) is 8.07. The molecule has 2 rings (SSSR count). The number of methoxy groups -OCH3 is 1. The van der Waals surface area contributed by atoms with Gasteiger partial charge >= 0.3 is 5.97 Å². The Bertz CT molecular complexity index is 553. The second kappa shape index (κ2) is 4.18. The molecule has 0 fully saturated rings. The highest BCUT2D eigenvalue weighted by Crippen LogP contribution is 2.29. The van der Waals surface area contributed by atoms with E-state index >= 15 is 0 Å². The van der Waals surface area contributed by atoms with Gasteiger partial charge in [0.2, 0.25) is 0 Å². The van der Waals surface area contributed by atoms with Crippen molar-refractivity contribution in [2.45, 2.75) is 12.5 Å². The minimum atomic E-state index is -1.63. The molecule has 88 valence electrons. The van der Waals surface area contributed by atoms with Gasteiger partial charge in [-0.1, -0.05) is 42.5 Å². The summed E-state index contributed by atoms with van der Waals surface area (Å²) in [5, 5.41) is 12.1. The van der Waals surface area contributed by atoms with Crippen LogP contribution in [0.3, 0.4) is 0 Å². The van der Waals surface area contributed by atoms with E-state index < -0.39 is 11.6 Å². The first kappa shape index (κ1) is 11.6. The minimum absolute atomic E-state index is 0.558. The average molecular weight is 230 g/mol. The van der Waals surface area contributed by atoms with Crippen molar-refractivity contribution in [1.82, 2.24) is 0 Å². The Balaban J connectivity index is 2.67. The van der Waals surface area contributed by atoms with Crippen LogP contribution in [0.2, 0.25) is 0 Å². The predicted octanol–water partition coefficient (Wildman–Crippen LogP) is 2.22. The fourth-order valence-corrected chi connectivity index (χ4v) is 1.96. The molecule has 17 heavy (non-hydrogen) atoms. The predicted molar refractivity (Wildman–Crippen MR) is 65.5 cm³/mol. The maximum absolute atomic E-state index is 11.6. The number of rotatable bonds is 2. The monoisotopic (exact) mass is 230 g/mol. The second-order valence-electron chi connectivity index (χ2n) is 4.09. The van der Waals surface area contributed by atoms with Gasteiger partial charge in [-0.25, -0.2) is 4.79 Å². The van der Waals surface area contributed by atoms with Crippen molar-refractivity contribution < 1.29 is 14.6 Å². The van der Waals surface area contributed by atoms with E-state index in [-0.39, 0.29) is 0 Å². The van der Waals surface area contributed by atoms with Crippen molar-refractivity contribution in [2.24, 2.45) is 0 Å². The van der Waals surface area contributed by atoms with E-state index in [1.165, 1.54) is 14.0 Å². The number of carbonyl (C=O) groups is 1. The molecule has 0 heterocycles. The van der Waals surface area contributed by atoms with Crippen LogP contribution in [0.15, 0.2) is 42.5 Å². The average Bonchev–Trinajstić information content (AvgIpc) is 2.37. The van der Waals surface area contributed by atoms with E-state index in [1.54, 1.807) is 6.07 Å². The molecule has 1 atom stereocenters. The van der Waals surface area contributed by atoms with Crippen molar-refractivity contribution in [3.05, 3.63) is 48.0 Å². The molecule has 3 nitrogen and oxygen atoms in total. The number of esters is 1. The molecule has 0 saturated heterocycles. The molecule has 0 radical (unpaired) electrons. The van der Waals surface area contributed by atoms with Gasteiger partial charge < -0.3 is 9.84 Å². The summed E-state index contributed by atoms with van der Waals surface area (Å²) >= 11 is 0. The molecule has 2 aromatic rings. The minimum Gasteiger partial charge on any atom is -0.467 e. The summed E-state index contributed by atoms with van der Waals surface area (Å²) in [6.07, 6.45) is 0. The van der Waals surface area contributed by atoms with Crippen LogP contribution < -0.4 is 0 Å². The maximum Gasteiger partial charge on any atom is 0.342 e. The summed E-state index contributed by atoms with van der Waals surface area (Å²) in [5.41, 5.74) is -1.07. The van der Waals surface area contributed by atoms with Crippen molar-refractivity contribution in [2.75, 3.05) is 7.11 Å².